The third kappa shape index (κ3) is 10.4. The van der Waals surface area contributed by atoms with Crippen LogP contribution >= 0.6 is 6.72 Å². The van der Waals surface area contributed by atoms with E-state index in [0.29, 0.717) is 42.8 Å². The maximum Gasteiger partial charge on any atom is 0.381 e. The van der Waals surface area contributed by atoms with E-state index in [9.17, 15) is 9.59 Å². The highest BCUT2D eigenvalue weighted by atomic mass is 32.5. The van der Waals surface area contributed by atoms with Crippen molar-refractivity contribution in [2.24, 2.45) is 17.8 Å². The molecule has 16 nitrogen and oxygen atoms in total. The van der Waals surface area contributed by atoms with Crippen LogP contribution in [0.25, 0.3) is 10.9 Å². The lowest BCUT2D eigenvalue weighted by molar-refractivity contribution is -0.176. The number of hydrogen-bond acceptors (Lipinski definition) is 16. The van der Waals surface area contributed by atoms with Crippen molar-refractivity contribution in [2.45, 2.75) is 78.0 Å². The van der Waals surface area contributed by atoms with Crippen molar-refractivity contribution in [2.75, 3.05) is 69.0 Å². The Hall–Kier alpha value is -4.51. The molecule has 0 radical (unpaired) electrons. The van der Waals surface area contributed by atoms with Crippen LogP contribution in [-0.4, -0.2) is 113 Å². The number of carbonyl (C=O) groups excluding carboxylic acids is 2. The Balaban J connectivity index is 0.000000292. The molecule has 63 heavy (non-hydrogen) atoms. The molecule has 18 heteroatoms. The van der Waals surface area contributed by atoms with Gasteiger partial charge in [-0.15, -0.1) is 0 Å². The van der Waals surface area contributed by atoms with Gasteiger partial charge in [-0.25, -0.2) is 9.78 Å². The quantitative estimate of drug-likeness (QED) is 0.0906. The fraction of sp³-hybridized carbons (Fsp3) is 0.556. The molecule has 0 amide bonds. The Kier molecular flexibility index (Phi) is 16.0. The SMILES string of the molecule is CCOP(=S)(OCC)Oc1cc(C)nc(C(C)C)n1.COC(=O)[C@H]1[C@H]2C[C@@H]3c4[nH]c5cc(OC)ccc5c4CCN3C[C@H]2C[C@@H](OC(=O)c2cc(OC)c(OC)c(OC)c2)[C@@H]1OC. The number of aryl methyl sites for hydroxylation is 1. The minimum atomic E-state index is -2.77. The van der Waals surface area contributed by atoms with Gasteiger partial charge in [0, 0.05) is 72.3 Å². The summed E-state index contributed by atoms with van der Waals surface area (Å²) < 4.78 is 55.7. The summed E-state index contributed by atoms with van der Waals surface area (Å²) in [6.45, 7) is 9.46. The summed E-state index contributed by atoms with van der Waals surface area (Å²) >= 11 is 5.32. The zero-order valence-electron chi connectivity index (χ0n) is 38.1. The number of hydrogen-bond donors (Lipinski definition) is 1. The average Bonchev–Trinajstić information content (AvgIpc) is 3.65. The molecule has 4 aromatic rings. The number of benzene rings is 2. The molecule has 2 aromatic carbocycles. The third-order valence-corrected chi connectivity index (χ3v) is 14.3. The summed E-state index contributed by atoms with van der Waals surface area (Å²) in [5.41, 5.74) is 4.66. The highest BCUT2D eigenvalue weighted by Crippen LogP contribution is 2.52. The standard InChI is InChI=1S/C33H40N2O9.C12H21N2O3PS/c1-38-19-7-8-20-21-9-10-35-16-18-13-27(44-32(36)17-11-25(39-2)30(41-4)26(12-17)40-3)31(42-5)28(33(37)43-6)22(18)15-24(35)29(21)34-23(20)14-19;1-6-15-18(19,16-7-2)17-11-8-10(5)13-12(14-11)9(3)4/h7-8,11-12,14,18,22,24,27-28,31,34H,9-10,13,15-16H2,1-6H3;8-9H,6-7H2,1-5H3/t18-,22+,24-,27-,28+,31+;/m1./s1. The molecule has 4 heterocycles. The van der Waals surface area contributed by atoms with Crippen LogP contribution in [-0.2, 0) is 46.3 Å². The number of H-pyrrole nitrogens is 1. The molecule has 0 spiro atoms. The van der Waals surface area contributed by atoms with E-state index in [1.54, 1.807) is 32.4 Å². The van der Waals surface area contributed by atoms with Crippen LogP contribution in [0, 0.1) is 24.7 Å². The predicted octanol–water partition coefficient (Wildman–Crippen LogP) is 7.76. The monoisotopic (exact) mass is 912 g/mol. The van der Waals surface area contributed by atoms with Crippen molar-refractivity contribution in [1.29, 1.82) is 0 Å². The van der Waals surface area contributed by atoms with Gasteiger partial charge in [0.05, 0.1) is 66.3 Å². The zero-order chi connectivity index (χ0) is 45.6. The molecule has 2 aromatic heterocycles. The summed E-state index contributed by atoms with van der Waals surface area (Å²) in [6, 6.07) is 11.1. The number of aromatic nitrogens is 3. The molecule has 2 fully saturated rings. The van der Waals surface area contributed by atoms with Gasteiger partial charge in [0.25, 0.3) is 0 Å². The van der Waals surface area contributed by atoms with Gasteiger partial charge in [0.1, 0.15) is 23.8 Å². The van der Waals surface area contributed by atoms with Crippen molar-refractivity contribution in [3.05, 3.63) is 64.7 Å². The minimum absolute atomic E-state index is 0.0170. The lowest BCUT2D eigenvalue weighted by Crippen LogP contribution is -2.58. The second-order valence-electron chi connectivity index (χ2n) is 15.9. The minimum Gasteiger partial charge on any atom is -0.497 e. The first-order valence-electron chi connectivity index (χ1n) is 21.2. The number of ether oxygens (including phenoxy) is 7. The van der Waals surface area contributed by atoms with Crippen LogP contribution in [0.4, 0.5) is 0 Å². The van der Waals surface area contributed by atoms with Crippen molar-refractivity contribution >= 4 is 41.4 Å². The van der Waals surface area contributed by atoms with Crippen LogP contribution in [0.2, 0.25) is 0 Å². The highest BCUT2D eigenvalue weighted by Gasteiger charge is 2.54. The highest BCUT2D eigenvalue weighted by molar-refractivity contribution is 8.07. The van der Waals surface area contributed by atoms with E-state index in [1.807, 2.05) is 46.8 Å². The van der Waals surface area contributed by atoms with E-state index < -0.39 is 30.8 Å². The molecule has 6 atom stereocenters. The Labute approximate surface area is 374 Å². The largest absolute Gasteiger partial charge is 0.497 e. The number of fused-ring (bicyclic) bond motifs is 6. The van der Waals surface area contributed by atoms with E-state index in [4.69, 9.17) is 58.5 Å². The van der Waals surface area contributed by atoms with Crippen LogP contribution in [0.15, 0.2) is 36.4 Å². The van der Waals surface area contributed by atoms with Crippen LogP contribution in [0.3, 0.4) is 0 Å². The van der Waals surface area contributed by atoms with Crippen molar-refractivity contribution in [3.63, 3.8) is 0 Å². The Bertz CT molecular complexity index is 2250. The van der Waals surface area contributed by atoms with Gasteiger partial charge in [-0.05, 0) is 81.7 Å². The summed E-state index contributed by atoms with van der Waals surface area (Å²) in [4.78, 5) is 41.9. The van der Waals surface area contributed by atoms with E-state index in [-0.39, 0.29) is 35.3 Å². The van der Waals surface area contributed by atoms with E-state index in [1.165, 1.54) is 45.1 Å². The van der Waals surface area contributed by atoms with Crippen LogP contribution < -0.4 is 23.5 Å². The second-order valence-corrected chi connectivity index (χ2v) is 18.9. The van der Waals surface area contributed by atoms with E-state index in [0.717, 1.165) is 48.7 Å². The number of nitrogens with zero attached hydrogens (tertiary/aromatic N) is 3. The average molecular weight is 913 g/mol. The first-order valence-corrected chi connectivity index (χ1v) is 23.8. The molecule has 1 saturated carbocycles. The summed E-state index contributed by atoms with van der Waals surface area (Å²) in [5, 5.41) is 1.21. The van der Waals surface area contributed by atoms with Gasteiger partial charge < -0.3 is 42.7 Å². The molecule has 0 bridgehead atoms. The van der Waals surface area contributed by atoms with Gasteiger partial charge >= 0.3 is 18.7 Å². The first kappa shape index (κ1) is 48.0. The van der Waals surface area contributed by atoms with Crippen molar-refractivity contribution in [1.82, 2.24) is 19.9 Å². The Morgan fingerprint density at radius 2 is 1.62 bits per heavy atom. The summed E-state index contributed by atoms with van der Waals surface area (Å²) in [6.07, 6.45) is 0.920. The van der Waals surface area contributed by atoms with Gasteiger partial charge in [0.15, 0.2) is 11.5 Å². The second kappa shape index (κ2) is 21.0. The molecule has 1 N–H and O–H groups in total. The third-order valence-electron chi connectivity index (χ3n) is 11.9. The van der Waals surface area contributed by atoms with Crippen molar-refractivity contribution < 1.29 is 56.3 Å². The number of nitrogens with one attached hydrogen (secondary N) is 1. The molecule has 7 rings (SSSR count). The number of esters is 2. The predicted molar refractivity (Wildman–Crippen MR) is 240 cm³/mol. The molecule has 1 aliphatic carbocycles. The molecule has 3 aliphatic rings. The van der Waals surface area contributed by atoms with Gasteiger partial charge in [0.2, 0.25) is 11.6 Å². The Morgan fingerprint density at radius 1 is 0.921 bits per heavy atom. The first-order chi connectivity index (χ1) is 30.2. The van der Waals surface area contributed by atoms with Gasteiger partial charge in [-0.3, -0.25) is 18.7 Å². The fourth-order valence-corrected chi connectivity index (χ4v) is 11.1. The lowest BCUT2D eigenvalue weighted by Gasteiger charge is -2.52. The molecular weight excluding hydrogens is 852 g/mol. The van der Waals surface area contributed by atoms with Crippen LogP contribution in [0.1, 0.15) is 85.6 Å². The van der Waals surface area contributed by atoms with E-state index in [2.05, 4.69) is 25.9 Å². The summed E-state index contributed by atoms with van der Waals surface area (Å²) in [5.74, 6) is 1.81. The number of rotatable bonds is 15. The number of piperidine rings is 1. The lowest BCUT2D eigenvalue weighted by atomic mass is 9.63. The number of carbonyl (C=O) groups is 2. The molecular formula is C45H61N4O12PS. The normalized spacial score (nSPS) is 21.8. The molecule has 344 valence electrons. The maximum atomic E-state index is 13.5. The molecule has 0 unspecified atom stereocenters. The molecule has 2 aliphatic heterocycles. The smallest absolute Gasteiger partial charge is 0.381 e. The maximum absolute atomic E-state index is 13.5. The van der Waals surface area contributed by atoms with Crippen molar-refractivity contribution in [3.8, 4) is 28.9 Å². The zero-order valence-corrected chi connectivity index (χ0v) is 39.8. The topological polar surface area (TPSA) is 171 Å². The van der Waals surface area contributed by atoms with Gasteiger partial charge in [-0.1, -0.05) is 13.8 Å². The van der Waals surface area contributed by atoms with Gasteiger partial charge in [-0.2, -0.15) is 4.98 Å². The van der Waals surface area contributed by atoms with E-state index >= 15 is 0 Å². The Morgan fingerprint density at radius 3 is 2.21 bits per heavy atom. The number of methoxy groups -OCH3 is 6. The van der Waals surface area contributed by atoms with Crippen LogP contribution in [0.5, 0.6) is 28.9 Å². The fourth-order valence-electron chi connectivity index (χ4n) is 9.15. The summed E-state index contributed by atoms with van der Waals surface area (Å²) in [7, 11) is 9.10. The number of aromatic amines is 1. The molecule has 1 saturated heterocycles.